The fourth-order valence-corrected chi connectivity index (χ4v) is 0.814. The smallest absolute Gasteiger partial charge is 0.272 e. The lowest BCUT2D eigenvalue weighted by molar-refractivity contribution is 0.0916. The number of nitrogens with one attached hydrogen (secondary N) is 2. The SMILES string of the molecule is CC(CO)NC(=O)c1ccc(=O)[nH]n1. The van der Waals surface area contributed by atoms with Gasteiger partial charge >= 0.3 is 0 Å². The van der Waals surface area contributed by atoms with Crippen LogP contribution >= 0.6 is 0 Å². The topological polar surface area (TPSA) is 95.1 Å². The number of H-pyrrole nitrogens is 1. The molecule has 1 aromatic rings. The molecule has 1 aromatic heterocycles. The van der Waals surface area contributed by atoms with Crippen molar-refractivity contribution in [2.75, 3.05) is 6.61 Å². The lowest BCUT2D eigenvalue weighted by Crippen LogP contribution is -2.35. The minimum Gasteiger partial charge on any atom is -0.394 e. The van der Waals surface area contributed by atoms with Gasteiger partial charge in [-0.15, -0.1) is 0 Å². The van der Waals surface area contributed by atoms with Gasteiger partial charge in [-0.05, 0) is 13.0 Å². The zero-order valence-corrected chi connectivity index (χ0v) is 7.65. The molecule has 0 spiro atoms. The molecule has 14 heavy (non-hydrogen) atoms. The monoisotopic (exact) mass is 197 g/mol. The van der Waals surface area contributed by atoms with Gasteiger partial charge in [0.15, 0.2) is 0 Å². The van der Waals surface area contributed by atoms with E-state index in [0.717, 1.165) is 0 Å². The molecule has 1 amide bonds. The highest BCUT2D eigenvalue weighted by molar-refractivity contribution is 5.92. The van der Waals surface area contributed by atoms with E-state index in [1.54, 1.807) is 6.92 Å². The molecule has 0 aliphatic carbocycles. The van der Waals surface area contributed by atoms with E-state index < -0.39 is 5.91 Å². The van der Waals surface area contributed by atoms with Gasteiger partial charge in [-0.1, -0.05) is 0 Å². The molecule has 1 unspecified atom stereocenters. The van der Waals surface area contributed by atoms with Crippen LogP contribution in [-0.2, 0) is 0 Å². The van der Waals surface area contributed by atoms with Crippen LogP contribution in [-0.4, -0.2) is 33.9 Å². The highest BCUT2D eigenvalue weighted by atomic mass is 16.3. The van der Waals surface area contributed by atoms with Crippen molar-refractivity contribution in [3.63, 3.8) is 0 Å². The molecule has 6 nitrogen and oxygen atoms in total. The van der Waals surface area contributed by atoms with E-state index in [0.29, 0.717) is 0 Å². The molecule has 0 bridgehead atoms. The summed E-state index contributed by atoms with van der Waals surface area (Å²) in [5.74, 6) is -0.428. The Morgan fingerprint density at radius 2 is 2.43 bits per heavy atom. The van der Waals surface area contributed by atoms with Crippen molar-refractivity contribution in [3.8, 4) is 0 Å². The molecular weight excluding hydrogens is 186 g/mol. The number of aliphatic hydroxyl groups is 1. The predicted molar refractivity (Wildman–Crippen MR) is 48.9 cm³/mol. The average Bonchev–Trinajstić information content (AvgIpc) is 2.18. The molecule has 0 aromatic carbocycles. The van der Waals surface area contributed by atoms with E-state index in [1.807, 2.05) is 0 Å². The van der Waals surface area contributed by atoms with E-state index in [9.17, 15) is 9.59 Å². The highest BCUT2D eigenvalue weighted by Gasteiger charge is 2.09. The molecule has 6 heteroatoms. The minimum absolute atomic E-state index is 0.116. The Morgan fingerprint density at radius 3 is 2.93 bits per heavy atom. The number of aromatic nitrogens is 2. The first-order valence-corrected chi connectivity index (χ1v) is 4.11. The maximum absolute atomic E-state index is 11.3. The lowest BCUT2D eigenvalue weighted by atomic mass is 10.3. The van der Waals surface area contributed by atoms with Gasteiger partial charge in [0.25, 0.3) is 11.5 Å². The zero-order chi connectivity index (χ0) is 10.6. The van der Waals surface area contributed by atoms with E-state index in [1.165, 1.54) is 12.1 Å². The molecule has 3 N–H and O–H groups in total. The van der Waals surface area contributed by atoms with Gasteiger partial charge in [0.2, 0.25) is 0 Å². The number of amides is 1. The molecule has 1 heterocycles. The summed E-state index contributed by atoms with van der Waals surface area (Å²) in [6.07, 6.45) is 0. The molecule has 0 aliphatic rings. The first-order chi connectivity index (χ1) is 6.63. The van der Waals surface area contributed by atoms with Crippen LogP contribution in [0.25, 0.3) is 0 Å². The largest absolute Gasteiger partial charge is 0.394 e. The molecule has 0 saturated heterocycles. The Balaban J connectivity index is 2.70. The third-order valence-corrected chi connectivity index (χ3v) is 1.56. The molecule has 0 aliphatic heterocycles. The van der Waals surface area contributed by atoms with Crippen LogP contribution < -0.4 is 10.9 Å². The molecule has 0 radical (unpaired) electrons. The molecule has 1 atom stereocenters. The second kappa shape index (κ2) is 4.52. The van der Waals surface area contributed by atoms with Crippen LogP contribution in [0.1, 0.15) is 17.4 Å². The van der Waals surface area contributed by atoms with Crippen LogP contribution in [0.2, 0.25) is 0 Å². The third-order valence-electron chi connectivity index (χ3n) is 1.56. The molecule has 1 rings (SSSR count). The van der Waals surface area contributed by atoms with E-state index in [2.05, 4.69) is 15.5 Å². The number of aliphatic hydroxyl groups excluding tert-OH is 1. The maximum atomic E-state index is 11.3. The lowest BCUT2D eigenvalue weighted by Gasteiger charge is -2.09. The summed E-state index contributed by atoms with van der Waals surface area (Å²) in [6.45, 7) is 1.51. The summed E-state index contributed by atoms with van der Waals surface area (Å²) in [7, 11) is 0. The highest BCUT2D eigenvalue weighted by Crippen LogP contribution is 1.90. The third kappa shape index (κ3) is 2.67. The van der Waals surface area contributed by atoms with Gasteiger partial charge in [-0.3, -0.25) is 9.59 Å². The first-order valence-electron chi connectivity index (χ1n) is 4.11. The number of carbonyl (C=O) groups excluding carboxylic acids is 1. The number of hydrogen-bond donors (Lipinski definition) is 3. The van der Waals surface area contributed by atoms with Gasteiger partial charge in [-0.2, -0.15) is 5.10 Å². The summed E-state index contributed by atoms with van der Waals surface area (Å²) in [6, 6.07) is 2.19. The number of carbonyl (C=O) groups is 1. The van der Waals surface area contributed by atoms with Crippen LogP contribution in [0.4, 0.5) is 0 Å². The Morgan fingerprint density at radius 1 is 1.71 bits per heavy atom. The average molecular weight is 197 g/mol. The van der Waals surface area contributed by atoms with Crippen LogP contribution in [0.15, 0.2) is 16.9 Å². The van der Waals surface area contributed by atoms with Crippen LogP contribution in [0, 0.1) is 0 Å². The molecule has 76 valence electrons. The fraction of sp³-hybridized carbons (Fsp3) is 0.375. The van der Waals surface area contributed by atoms with Gasteiger partial charge in [0, 0.05) is 12.1 Å². The number of hydrogen-bond acceptors (Lipinski definition) is 4. The van der Waals surface area contributed by atoms with E-state index >= 15 is 0 Å². The Labute approximate surface area is 80.0 Å². The van der Waals surface area contributed by atoms with E-state index in [-0.39, 0.29) is 23.9 Å². The van der Waals surface area contributed by atoms with Gasteiger partial charge in [0.05, 0.1) is 6.61 Å². The Kier molecular flexibility index (Phi) is 3.35. The van der Waals surface area contributed by atoms with E-state index in [4.69, 9.17) is 5.11 Å². The normalized spacial score (nSPS) is 12.1. The summed E-state index contributed by atoms with van der Waals surface area (Å²) >= 11 is 0. The Hall–Kier alpha value is -1.69. The van der Waals surface area contributed by atoms with Crippen molar-refractivity contribution in [2.24, 2.45) is 0 Å². The van der Waals surface area contributed by atoms with Crippen LogP contribution in [0.3, 0.4) is 0 Å². The van der Waals surface area contributed by atoms with Gasteiger partial charge in [0.1, 0.15) is 5.69 Å². The van der Waals surface area contributed by atoms with Gasteiger partial charge in [-0.25, -0.2) is 5.10 Å². The molecular formula is C8H11N3O3. The summed E-state index contributed by atoms with van der Waals surface area (Å²) in [4.78, 5) is 22.0. The second-order valence-corrected chi connectivity index (χ2v) is 2.86. The quantitative estimate of drug-likeness (QED) is 0.572. The van der Waals surface area contributed by atoms with Crippen molar-refractivity contribution in [2.45, 2.75) is 13.0 Å². The predicted octanol–water partition coefficient (Wildman–Crippen LogP) is -1.12. The minimum atomic E-state index is -0.428. The van der Waals surface area contributed by atoms with Gasteiger partial charge < -0.3 is 10.4 Å². The standard InChI is InChI=1S/C8H11N3O3/c1-5(4-12)9-8(14)6-2-3-7(13)11-10-6/h2-3,5,12H,4H2,1H3,(H,9,14)(H,11,13). The summed E-state index contributed by atoms with van der Waals surface area (Å²) in [5.41, 5.74) is -0.248. The first kappa shape index (κ1) is 10.4. The second-order valence-electron chi connectivity index (χ2n) is 2.86. The van der Waals surface area contributed by atoms with Crippen LogP contribution in [0.5, 0.6) is 0 Å². The zero-order valence-electron chi connectivity index (χ0n) is 7.65. The maximum Gasteiger partial charge on any atom is 0.272 e. The molecule has 0 fully saturated rings. The number of nitrogens with zero attached hydrogens (tertiary/aromatic N) is 1. The summed E-state index contributed by atoms with van der Waals surface area (Å²) < 4.78 is 0. The van der Waals surface area contributed by atoms with Crippen molar-refractivity contribution < 1.29 is 9.90 Å². The Bertz CT molecular complexity index is 354. The van der Waals surface area contributed by atoms with Crippen molar-refractivity contribution in [3.05, 3.63) is 28.2 Å². The fourth-order valence-electron chi connectivity index (χ4n) is 0.814. The summed E-state index contributed by atoms with van der Waals surface area (Å²) in [5, 5.41) is 16.9. The molecule has 0 saturated carbocycles. The van der Waals surface area contributed by atoms with Crippen molar-refractivity contribution in [1.29, 1.82) is 0 Å². The van der Waals surface area contributed by atoms with Crippen molar-refractivity contribution >= 4 is 5.91 Å². The van der Waals surface area contributed by atoms with Crippen molar-refractivity contribution in [1.82, 2.24) is 15.5 Å². The number of aromatic amines is 1. The number of rotatable bonds is 3.